The number of carbonyl (C=O) groups is 1. The second-order valence-corrected chi connectivity index (χ2v) is 3.62. The molecule has 0 aliphatic rings. The van der Waals surface area contributed by atoms with Gasteiger partial charge in [0.1, 0.15) is 5.41 Å². The molecule has 0 saturated heterocycles. The number of nitrogens with zero attached hydrogens (tertiary/aromatic N) is 2. The molecule has 0 spiro atoms. The van der Waals surface area contributed by atoms with E-state index in [1.165, 1.54) is 4.90 Å². The summed E-state index contributed by atoms with van der Waals surface area (Å²) in [4.78, 5) is 13.3. The number of rotatable bonds is 5. The van der Waals surface area contributed by atoms with Crippen molar-refractivity contribution < 1.29 is 15.1 Å². The molecule has 88 valence electrons. The Morgan fingerprint density at radius 1 is 1.60 bits per heavy atom. The molecule has 0 radical (unpaired) electrons. The first-order valence-corrected chi connectivity index (χ1v) is 4.78. The van der Waals surface area contributed by atoms with Crippen LogP contribution in [-0.2, 0) is 4.79 Å². The predicted molar refractivity (Wildman–Crippen MR) is 56.5 cm³/mol. The van der Waals surface area contributed by atoms with E-state index in [0.717, 1.165) is 0 Å². The fraction of sp³-hybridized carbons (Fsp3) is 0.778. The van der Waals surface area contributed by atoms with Crippen LogP contribution in [0.5, 0.6) is 0 Å². The lowest BCUT2D eigenvalue weighted by Gasteiger charge is -2.30. The van der Waals surface area contributed by atoms with Crippen LogP contribution in [0.2, 0.25) is 0 Å². The van der Waals surface area contributed by atoms with E-state index in [2.05, 4.69) is 5.16 Å². The minimum atomic E-state index is -1.02. The molecule has 15 heavy (non-hydrogen) atoms. The van der Waals surface area contributed by atoms with Gasteiger partial charge in [-0.3, -0.25) is 4.79 Å². The SMILES string of the molecule is CCC(C)(C(=O)N(C)CCO)C(N)=NO. The first kappa shape index (κ1) is 13.7. The maximum absolute atomic E-state index is 11.9. The van der Waals surface area contributed by atoms with E-state index < -0.39 is 5.41 Å². The molecule has 0 aliphatic heterocycles. The third-order valence-electron chi connectivity index (χ3n) is 2.63. The van der Waals surface area contributed by atoms with Gasteiger partial charge in [-0.05, 0) is 13.3 Å². The normalized spacial score (nSPS) is 15.9. The molecule has 0 aliphatic carbocycles. The van der Waals surface area contributed by atoms with Crippen molar-refractivity contribution in [2.75, 3.05) is 20.2 Å². The molecule has 0 fully saturated rings. The summed E-state index contributed by atoms with van der Waals surface area (Å²) < 4.78 is 0. The number of hydrogen-bond acceptors (Lipinski definition) is 4. The lowest BCUT2D eigenvalue weighted by atomic mass is 9.84. The Balaban J connectivity index is 4.88. The Hall–Kier alpha value is -1.30. The van der Waals surface area contributed by atoms with Gasteiger partial charge in [-0.2, -0.15) is 0 Å². The van der Waals surface area contributed by atoms with Crippen LogP contribution in [0.4, 0.5) is 0 Å². The van der Waals surface area contributed by atoms with Crippen LogP contribution in [0.25, 0.3) is 0 Å². The topological polar surface area (TPSA) is 99.2 Å². The quantitative estimate of drug-likeness (QED) is 0.252. The van der Waals surface area contributed by atoms with Crippen molar-refractivity contribution in [3.63, 3.8) is 0 Å². The van der Waals surface area contributed by atoms with Crippen molar-refractivity contribution in [1.82, 2.24) is 4.90 Å². The van der Waals surface area contributed by atoms with Gasteiger partial charge in [-0.15, -0.1) is 0 Å². The predicted octanol–water partition coefficient (Wildman–Crippen LogP) is -0.400. The molecule has 0 aromatic carbocycles. The Labute approximate surface area is 89.4 Å². The van der Waals surface area contributed by atoms with Crippen LogP contribution in [0.15, 0.2) is 5.16 Å². The van der Waals surface area contributed by atoms with Crippen LogP contribution in [0.3, 0.4) is 0 Å². The number of nitrogens with two attached hydrogens (primary N) is 1. The van der Waals surface area contributed by atoms with Gasteiger partial charge in [-0.25, -0.2) is 0 Å². The van der Waals surface area contributed by atoms with Crippen LogP contribution < -0.4 is 5.73 Å². The number of aliphatic hydroxyl groups excluding tert-OH is 1. The van der Waals surface area contributed by atoms with E-state index in [1.807, 2.05) is 0 Å². The van der Waals surface area contributed by atoms with Gasteiger partial charge in [0.25, 0.3) is 0 Å². The molecule has 1 amide bonds. The van der Waals surface area contributed by atoms with E-state index in [4.69, 9.17) is 16.0 Å². The summed E-state index contributed by atoms with van der Waals surface area (Å²) in [7, 11) is 1.57. The highest BCUT2D eigenvalue weighted by Gasteiger charge is 2.38. The smallest absolute Gasteiger partial charge is 0.236 e. The average Bonchev–Trinajstić information content (AvgIpc) is 2.26. The van der Waals surface area contributed by atoms with E-state index in [1.54, 1.807) is 20.9 Å². The van der Waals surface area contributed by atoms with Crippen molar-refractivity contribution in [2.24, 2.45) is 16.3 Å². The number of aliphatic hydroxyl groups is 1. The first-order chi connectivity index (χ1) is 6.93. The molecule has 1 unspecified atom stereocenters. The summed E-state index contributed by atoms with van der Waals surface area (Å²) in [5.41, 5.74) is 4.47. The first-order valence-electron chi connectivity index (χ1n) is 4.78. The number of oxime groups is 1. The van der Waals surface area contributed by atoms with E-state index in [0.29, 0.717) is 6.42 Å². The summed E-state index contributed by atoms with van der Waals surface area (Å²) >= 11 is 0. The third kappa shape index (κ3) is 2.82. The zero-order chi connectivity index (χ0) is 12.1. The number of carbonyl (C=O) groups excluding carboxylic acids is 1. The van der Waals surface area contributed by atoms with Gasteiger partial charge in [-0.1, -0.05) is 12.1 Å². The number of hydrogen-bond donors (Lipinski definition) is 3. The third-order valence-corrected chi connectivity index (χ3v) is 2.63. The molecule has 1 atom stereocenters. The van der Waals surface area contributed by atoms with Gasteiger partial charge in [0.15, 0.2) is 5.84 Å². The fourth-order valence-corrected chi connectivity index (χ4v) is 1.23. The monoisotopic (exact) mass is 217 g/mol. The molecule has 6 nitrogen and oxygen atoms in total. The maximum Gasteiger partial charge on any atom is 0.236 e. The Morgan fingerprint density at radius 3 is 2.47 bits per heavy atom. The zero-order valence-electron chi connectivity index (χ0n) is 9.40. The summed E-state index contributed by atoms with van der Waals surface area (Å²) in [6, 6.07) is 0. The van der Waals surface area contributed by atoms with E-state index in [-0.39, 0.29) is 24.9 Å². The van der Waals surface area contributed by atoms with E-state index in [9.17, 15) is 4.79 Å². The highest BCUT2D eigenvalue weighted by molar-refractivity contribution is 6.06. The largest absolute Gasteiger partial charge is 0.409 e. The van der Waals surface area contributed by atoms with Gasteiger partial charge in [0.05, 0.1) is 6.61 Å². The van der Waals surface area contributed by atoms with Crippen molar-refractivity contribution >= 4 is 11.7 Å². The van der Waals surface area contributed by atoms with Crippen LogP contribution >= 0.6 is 0 Å². The van der Waals surface area contributed by atoms with Gasteiger partial charge >= 0.3 is 0 Å². The highest BCUT2D eigenvalue weighted by atomic mass is 16.4. The van der Waals surface area contributed by atoms with Crippen LogP contribution in [-0.4, -0.2) is 47.2 Å². The second kappa shape index (κ2) is 5.55. The number of likely N-dealkylation sites (N-methyl/N-ethyl adjacent to an activating group) is 1. The molecular weight excluding hydrogens is 198 g/mol. The molecule has 6 heteroatoms. The Morgan fingerprint density at radius 2 is 2.13 bits per heavy atom. The molecule has 0 heterocycles. The molecule has 0 rings (SSSR count). The minimum absolute atomic E-state index is 0.111. The van der Waals surface area contributed by atoms with Gasteiger partial charge in [0, 0.05) is 13.6 Å². The summed E-state index contributed by atoms with van der Waals surface area (Å²) in [6.07, 6.45) is 0.428. The molecule has 0 bridgehead atoms. The average molecular weight is 217 g/mol. The molecular formula is C9H19N3O3. The lowest BCUT2D eigenvalue weighted by molar-refractivity contribution is -0.137. The van der Waals surface area contributed by atoms with Crippen LogP contribution in [0, 0.1) is 5.41 Å². The van der Waals surface area contributed by atoms with Crippen molar-refractivity contribution in [3.05, 3.63) is 0 Å². The second-order valence-electron chi connectivity index (χ2n) is 3.62. The molecule has 0 aromatic rings. The lowest BCUT2D eigenvalue weighted by Crippen LogP contribution is -2.48. The number of amides is 1. The van der Waals surface area contributed by atoms with Crippen molar-refractivity contribution in [3.8, 4) is 0 Å². The van der Waals surface area contributed by atoms with Gasteiger partial charge < -0.3 is 20.9 Å². The van der Waals surface area contributed by atoms with Crippen molar-refractivity contribution in [1.29, 1.82) is 0 Å². The maximum atomic E-state index is 11.9. The molecule has 4 N–H and O–H groups in total. The molecule has 0 saturated carbocycles. The summed E-state index contributed by atoms with van der Waals surface area (Å²) in [5.74, 6) is -0.380. The Kier molecular flexibility index (Phi) is 5.07. The van der Waals surface area contributed by atoms with Crippen molar-refractivity contribution in [2.45, 2.75) is 20.3 Å². The van der Waals surface area contributed by atoms with E-state index >= 15 is 0 Å². The minimum Gasteiger partial charge on any atom is -0.409 e. The highest BCUT2D eigenvalue weighted by Crippen LogP contribution is 2.23. The molecule has 0 aromatic heterocycles. The fourth-order valence-electron chi connectivity index (χ4n) is 1.23. The summed E-state index contributed by atoms with van der Waals surface area (Å²) in [6.45, 7) is 3.51. The zero-order valence-corrected chi connectivity index (χ0v) is 9.40. The standard InChI is InChI=1S/C9H19N3O3/c1-4-9(2,7(10)11-15)8(14)12(3)5-6-13/h13,15H,4-6H2,1-3H3,(H2,10,11). The number of amidine groups is 1. The van der Waals surface area contributed by atoms with Crippen LogP contribution in [0.1, 0.15) is 20.3 Å². The van der Waals surface area contributed by atoms with Gasteiger partial charge in [0.2, 0.25) is 5.91 Å². The summed E-state index contributed by atoms with van der Waals surface area (Å²) in [5, 5.41) is 20.2. The Bertz CT molecular complexity index is 255.